The fraction of sp³-hybridized carbons (Fsp3) is 0.350. The van der Waals surface area contributed by atoms with E-state index in [-0.39, 0.29) is 11.6 Å². The van der Waals surface area contributed by atoms with Gasteiger partial charge in [0.2, 0.25) is 5.95 Å². The molecule has 1 fully saturated rings. The zero-order valence-electron chi connectivity index (χ0n) is 16.4. The molecule has 3 heterocycles. The van der Waals surface area contributed by atoms with Crippen molar-refractivity contribution in [3.63, 3.8) is 0 Å². The topological polar surface area (TPSA) is 66.3 Å². The first kappa shape index (κ1) is 20.1. The van der Waals surface area contributed by atoms with Crippen LogP contribution in [0.4, 0.5) is 30.5 Å². The van der Waals surface area contributed by atoms with E-state index in [0.717, 1.165) is 37.9 Å². The molecule has 1 aliphatic rings. The van der Waals surface area contributed by atoms with Gasteiger partial charge in [-0.05, 0) is 37.4 Å². The lowest BCUT2D eigenvalue weighted by Gasteiger charge is -2.34. The largest absolute Gasteiger partial charge is 0.406 e. The Morgan fingerprint density at radius 3 is 2.40 bits per heavy atom. The minimum Gasteiger partial charge on any atom is -0.369 e. The molecular weight excluding hydrogens is 397 g/mol. The van der Waals surface area contributed by atoms with Crippen LogP contribution in [0, 0.1) is 0 Å². The predicted molar refractivity (Wildman–Crippen MR) is 109 cm³/mol. The number of nitrogens with zero attached hydrogens (tertiary/aromatic N) is 5. The van der Waals surface area contributed by atoms with E-state index in [2.05, 4.69) is 32.1 Å². The van der Waals surface area contributed by atoms with Crippen LogP contribution in [-0.2, 0) is 6.54 Å². The van der Waals surface area contributed by atoms with E-state index in [1.165, 1.54) is 12.3 Å². The molecule has 0 spiro atoms. The summed E-state index contributed by atoms with van der Waals surface area (Å²) in [5.74, 6) is 0.122. The summed E-state index contributed by atoms with van der Waals surface area (Å²) in [6.45, 7) is 2.51. The van der Waals surface area contributed by atoms with Gasteiger partial charge in [0, 0.05) is 55.2 Å². The van der Waals surface area contributed by atoms with Crippen molar-refractivity contribution in [2.75, 3.05) is 43.4 Å². The van der Waals surface area contributed by atoms with Crippen molar-refractivity contribution in [2.45, 2.75) is 12.7 Å². The number of pyridine rings is 1. The second kappa shape index (κ2) is 7.94. The van der Waals surface area contributed by atoms with Crippen LogP contribution in [0.15, 0.2) is 47.4 Å². The maximum Gasteiger partial charge on any atom is 0.406 e. The summed E-state index contributed by atoms with van der Waals surface area (Å²) in [6.07, 6.45) is -3.13. The zero-order chi connectivity index (χ0) is 21.3. The van der Waals surface area contributed by atoms with Gasteiger partial charge in [0.05, 0.1) is 0 Å². The standard InChI is InChI=1S/C20H21F3N6O/c1-27-8-10-28(11-9-27)16-5-3-15(4-6-16)25-19-24-12-14-2-7-17(30)29(18(14)26-19)13-20(21,22)23/h2-7,12H,8-11,13H2,1H3,(H,24,25,26). The number of hydrogen-bond donors (Lipinski definition) is 1. The fourth-order valence-corrected chi connectivity index (χ4v) is 3.41. The number of rotatable bonds is 4. The quantitative estimate of drug-likeness (QED) is 0.703. The van der Waals surface area contributed by atoms with Crippen molar-refractivity contribution in [1.29, 1.82) is 0 Å². The molecular formula is C20H21F3N6O. The van der Waals surface area contributed by atoms with Crippen molar-refractivity contribution in [3.8, 4) is 0 Å². The third-order valence-corrected chi connectivity index (χ3v) is 5.05. The van der Waals surface area contributed by atoms with Crippen LogP contribution in [0.2, 0.25) is 0 Å². The third kappa shape index (κ3) is 4.54. The van der Waals surface area contributed by atoms with E-state index in [4.69, 9.17) is 0 Å². The summed E-state index contributed by atoms with van der Waals surface area (Å²) in [7, 11) is 2.10. The zero-order valence-corrected chi connectivity index (χ0v) is 16.4. The van der Waals surface area contributed by atoms with Gasteiger partial charge >= 0.3 is 6.18 Å². The SMILES string of the molecule is CN1CCN(c2ccc(Nc3ncc4ccc(=O)n(CC(F)(F)F)c4n3)cc2)CC1. The number of anilines is 3. The first-order valence-corrected chi connectivity index (χ1v) is 9.52. The number of piperazine rings is 1. The molecule has 30 heavy (non-hydrogen) atoms. The Kier molecular flexibility index (Phi) is 5.33. The van der Waals surface area contributed by atoms with E-state index < -0.39 is 18.3 Å². The molecule has 0 unspecified atom stereocenters. The Morgan fingerprint density at radius 2 is 1.73 bits per heavy atom. The second-order valence-electron chi connectivity index (χ2n) is 7.31. The van der Waals surface area contributed by atoms with Crippen LogP contribution in [0.5, 0.6) is 0 Å². The molecule has 1 aromatic carbocycles. The van der Waals surface area contributed by atoms with Gasteiger partial charge < -0.3 is 15.1 Å². The maximum absolute atomic E-state index is 12.9. The van der Waals surface area contributed by atoms with Crippen LogP contribution in [0.25, 0.3) is 11.0 Å². The Bertz CT molecular complexity index is 1090. The minimum atomic E-state index is -4.53. The van der Waals surface area contributed by atoms with Gasteiger partial charge in [-0.25, -0.2) is 4.98 Å². The molecule has 2 aromatic heterocycles. The smallest absolute Gasteiger partial charge is 0.369 e. The number of fused-ring (bicyclic) bond motifs is 1. The molecule has 0 aliphatic carbocycles. The van der Waals surface area contributed by atoms with E-state index in [1.54, 1.807) is 0 Å². The molecule has 0 atom stereocenters. The van der Waals surface area contributed by atoms with Crippen molar-refractivity contribution in [2.24, 2.45) is 0 Å². The monoisotopic (exact) mass is 418 g/mol. The summed E-state index contributed by atoms with van der Waals surface area (Å²) >= 11 is 0. The lowest BCUT2D eigenvalue weighted by atomic mass is 10.2. The number of nitrogens with one attached hydrogen (secondary N) is 1. The Labute approximate surface area is 170 Å². The first-order valence-electron chi connectivity index (χ1n) is 9.52. The predicted octanol–water partition coefficient (Wildman–Crippen LogP) is 2.85. The van der Waals surface area contributed by atoms with E-state index in [1.807, 2.05) is 24.3 Å². The number of halogens is 3. The maximum atomic E-state index is 12.9. The van der Waals surface area contributed by atoms with Crippen molar-refractivity contribution in [1.82, 2.24) is 19.4 Å². The van der Waals surface area contributed by atoms with Crippen molar-refractivity contribution in [3.05, 3.63) is 52.9 Å². The van der Waals surface area contributed by atoms with Gasteiger partial charge in [0.15, 0.2) is 0 Å². The third-order valence-electron chi connectivity index (χ3n) is 5.05. The van der Waals surface area contributed by atoms with E-state index in [0.29, 0.717) is 15.6 Å². The Morgan fingerprint density at radius 1 is 1.03 bits per heavy atom. The normalized spacial score (nSPS) is 15.5. The van der Waals surface area contributed by atoms with Crippen LogP contribution in [0.3, 0.4) is 0 Å². The summed E-state index contributed by atoms with van der Waals surface area (Å²) < 4.78 is 39.3. The average molecular weight is 418 g/mol. The summed E-state index contributed by atoms with van der Waals surface area (Å²) in [6, 6.07) is 10.2. The Hall–Kier alpha value is -3.14. The lowest BCUT2D eigenvalue weighted by molar-refractivity contribution is -0.140. The highest BCUT2D eigenvalue weighted by Crippen LogP contribution is 2.23. The molecule has 10 heteroatoms. The number of likely N-dealkylation sites (N-methyl/N-ethyl adjacent to an activating group) is 1. The van der Waals surface area contributed by atoms with Gasteiger partial charge in [-0.15, -0.1) is 0 Å². The Balaban J connectivity index is 1.56. The molecule has 158 valence electrons. The van der Waals surface area contributed by atoms with Gasteiger partial charge in [-0.1, -0.05) is 0 Å². The van der Waals surface area contributed by atoms with Gasteiger partial charge in [-0.3, -0.25) is 9.36 Å². The minimum absolute atomic E-state index is 0.0635. The first-order chi connectivity index (χ1) is 14.3. The average Bonchev–Trinajstić information content (AvgIpc) is 2.71. The molecule has 4 rings (SSSR count). The molecule has 0 bridgehead atoms. The number of alkyl halides is 3. The molecule has 0 amide bonds. The molecule has 7 nitrogen and oxygen atoms in total. The van der Waals surface area contributed by atoms with Gasteiger partial charge in [0.25, 0.3) is 5.56 Å². The highest BCUT2D eigenvalue weighted by Gasteiger charge is 2.29. The summed E-state index contributed by atoms with van der Waals surface area (Å²) in [5.41, 5.74) is 0.979. The number of benzene rings is 1. The second-order valence-corrected chi connectivity index (χ2v) is 7.31. The fourth-order valence-electron chi connectivity index (χ4n) is 3.41. The molecule has 0 saturated carbocycles. The highest BCUT2D eigenvalue weighted by molar-refractivity contribution is 5.75. The van der Waals surface area contributed by atoms with E-state index >= 15 is 0 Å². The van der Waals surface area contributed by atoms with Gasteiger partial charge in [-0.2, -0.15) is 18.2 Å². The van der Waals surface area contributed by atoms with Crippen molar-refractivity contribution < 1.29 is 13.2 Å². The van der Waals surface area contributed by atoms with Crippen LogP contribution >= 0.6 is 0 Å². The lowest BCUT2D eigenvalue weighted by Crippen LogP contribution is -2.44. The van der Waals surface area contributed by atoms with Gasteiger partial charge in [0.1, 0.15) is 12.2 Å². The number of aromatic nitrogens is 3. The van der Waals surface area contributed by atoms with Crippen molar-refractivity contribution >= 4 is 28.4 Å². The molecule has 1 N–H and O–H groups in total. The molecule has 3 aromatic rings. The van der Waals surface area contributed by atoms with Crippen LogP contribution in [-0.4, -0.2) is 58.8 Å². The molecule has 0 radical (unpaired) electrons. The summed E-state index contributed by atoms with van der Waals surface area (Å²) in [5, 5.41) is 3.35. The molecule has 1 aliphatic heterocycles. The van der Waals surface area contributed by atoms with E-state index in [9.17, 15) is 18.0 Å². The van der Waals surface area contributed by atoms with Crippen LogP contribution < -0.4 is 15.8 Å². The van der Waals surface area contributed by atoms with Crippen LogP contribution in [0.1, 0.15) is 0 Å². The highest BCUT2D eigenvalue weighted by atomic mass is 19.4. The summed E-state index contributed by atoms with van der Waals surface area (Å²) in [4.78, 5) is 24.9. The number of hydrogen-bond acceptors (Lipinski definition) is 6. The molecule has 1 saturated heterocycles.